The van der Waals surface area contributed by atoms with E-state index in [1.165, 1.54) is 0 Å². The third-order valence-electron chi connectivity index (χ3n) is 3.08. The van der Waals surface area contributed by atoms with Crippen molar-refractivity contribution in [2.75, 3.05) is 20.7 Å². The van der Waals surface area contributed by atoms with Crippen molar-refractivity contribution in [2.45, 2.75) is 33.3 Å². The summed E-state index contributed by atoms with van der Waals surface area (Å²) in [5.74, 6) is -0.370. The fourth-order valence-corrected chi connectivity index (χ4v) is 2.50. The van der Waals surface area contributed by atoms with Gasteiger partial charge in [0.25, 0.3) is 0 Å². The number of allylic oxidation sites excluding steroid dienone is 2. The number of hydrogen-bond donors (Lipinski definition) is 0. The highest BCUT2D eigenvalue weighted by Crippen LogP contribution is 2.19. The Morgan fingerprint density at radius 1 is 1.16 bits per heavy atom. The topological polar surface area (TPSA) is 38.8 Å². The second-order valence-electron chi connectivity index (χ2n) is 6.62. The van der Waals surface area contributed by atoms with Gasteiger partial charge in [-0.05, 0) is 57.6 Å². The SMILES string of the molecule is CCOC(=O)C(=CC=C(C(=S)OC(C)(C)C)N(C)C)c1ccccc1. The molecule has 0 N–H and O–H groups in total. The number of carbonyl (C=O) groups excluding carboxylic acids is 1. The van der Waals surface area contributed by atoms with Crippen LogP contribution in [0.25, 0.3) is 5.57 Å². The van der Waals surface area contributed by atoms with E-state index in [4.69, 9.17) is 21.7 Å². The lowest BCUT2D eigenvalue weighted by Crippen LogP contribution is -2.28. The zero-order valence-corrected chi connectivity index (χ0v) is 16.6. The Bertz CT molecular complexity index is 655. The van der Waals surface area contributed by atoms with Crippen LogP contribution in [0.5, 0.6) is 0 Å². The lowest BCUT2D eigenvalue weighted by atomic mass is 10.1. The Morgan fingerprint density at radius 3 is 2.24 bits per heavy atom. The highest BCUT2D eigenvalue weighted by atomic mass is 32.1. The van der Waals surface area contributed by atoms with Crippen molar-refractivity contribution in [2.24, 2.45) is 0 Å². The zero-order chi connectivity index (χ0) is 19.0. The van der Waals surface area contributed by atoms with E-state index >= 15 is 0 Å². The van der Waals surface area contributed by atoms with Crippen LogP contribution < -0.4 is 0 Å². The van der Waals surface area contributed by atoms with Crippen LogP contribution >= 0.6 is 12.2 Å². The predicted octanol–water partition coefficient (Wildman–Crippen LogP) is 4.22. The van der Waals surface area contributed by atoms with Gasteiger partial charge < -0.3 is 14.4 Å². The minimum Gasteiger partial charge on any atom is -0.476 e. The first-order chi connectivity index (χ1) is 11.7. The van der Waals surface area contributed by atoms with E-state index in [0.717, 1.165) is 5.56 Å². The molecule has 0 aliphatic heterocycles. The predicted molar refractivity (Wildman–Crippen MR) is 106 cm³/mol. The molecule has 0 fully saturated rings. The van der Waals surface area contributed by atoms with E-state index in [9.17, 15) is 4.79 Å². The van der Waals surface area contributed by atoms with Crippen LogP contribution in [0.2, 0.25) is 0 Å². The number of nitrogens with zero attached hydrogens (tertiary/aromatic N) is 1. The molecule has 4 nitrogen and oxygen atoms in total. The largest absolute Gasteiger partial charge is 0.476 e. The van der Waals surface area contributed by atoms with Gasteiger partial charge in [0, 0.05) is 14.1 Å². The van der Waals surface area contributed by atoms with Gasteiger partial charge in [-0.3, -0.25) is 0 Å². The van der Waals surface area contributed by atoms with E-state index in [1.807, 2.05) is 70.1 Å². The van der Waals surface area contributed by atoms with Crippen molar-refractivity contribution >= 4 is 28.8 Å². The summed E-state index contributed by atoms with van der Waals surface area (Å²) in [6.07, 6.45) is 3.51. The summed E-state index contributed by atoms with van der Waals surface area (Å²) in [5.41, 5.74) is 1.58. The molecule has 1 aromatic rings. The molecular formula is C20H27NO3S. The van der Waals surface area contributed by atoms with Gasteiger partial charge in [-0.25, -0.2) is 4.79 Å². The first-order valence-corrected chi connectivity index (χ1v) is 8.61. The highest BCUT2D eigenvalue weighted by Gasteiger charge is 2.18. The van der Waals surface area contributed by atoms with Gasteiger partial charge >= 0.3 is 5.97 Å². The lowest BCUT2D eigenvalue weighted by molar-refractivity contribution is -0.136. The molecule has 25 heavy (non-hydrogen) atoms. The average molecular weight is 362 g/mol. The van der Waals surface area contributed by atoms with Crippen molar-refractivity contribution in [3.63, 3.8) is 0 Å². The molecule has 0 aliphatic carbocycles. The number of thiocarbonyl (C=S) groups is 1. The number of benzene rings is 1. The van der Waals surface area contributed by atoms with Crippen LogP contribution in [-0.4, -0.2) is 42.2 Å². The number of esters is 1. The first-order valence-electron chi connectivity index (χ1n) is 8.21. The number of ether oxygens (including phenoxy) is 2. The number of rotatable bonds is 6. The number of likely N-dealkylation sites (N-methyl/N-ethyl adjacent to an activating group) is 1. The van der Waals surface area contributed by atoms with Crippen LogP contribution in [0, 0.1) is 0 Å². The molecule has 0 atom stereocenters. The van der Waals surface area contributed by atoms with E-state index in [1.54, 1.807) is 19.1 Å². The second-order valence-corrected chi connectivity index (χ2v) is 6.99. The van der Waals surface area contributed by atoms with Gasteiger partial charge in [0.1, 0.15) is 5.60 Å². The van der Waals surface area contributed by atoms with E-state index in [2.05, 4.69) is 0 Å². The molecule has 5 heteroatoms. The molecule has 0 radical (unpaired) electrons. The Morgan fingerprint density at radius 2 is 1.76 bits per heavy atom. The summed E-state index contributed by atoms with van der Waals surface area (Å²) in [5, 5.41) is 0.380. The van der Waals surface area contributed by atoms with E-state index < -0.39 is 0 Å². The number of carbonyl (C=O) groups is 1. The van der Waals surface area contributed by atoms with Gasteiger partial charge in [0.2, 0.25) is 5.05 Å². The van der Waals surface area contributed by atoms with Gasteiger partial charge in [0.05, 0.1) is 17.9 Å². The fourth-order valence-electron chi connectivity index (χ4n) is 2.00. The maximum Gasteiger partial charge on any atom is 0.338 e. The normalized spacial score (nSPS) is 12.6. The van der Waals surface area contributed by atoms with Gasteiger partial charge in [0.15, 0.2) is 0 Å². The van der Waals surface area contributed by atoms with Crippen molar-refractivity contribution < 1.29 is 14.3 Å². The Hall–Kier alpha value is -2.14. The summed E-state index contributed by atoms with van der Waals surface area (Å²) >= 11 is 5.41. The van der Waals surface area contributed by atoms with Crippen molar-refractivity contribution in [1.29, 1.82) is 0 Å². The molecule has 0 spiro atoms. The van der Waals surface area contributed by atoms with Crippen molar-refractivity contribution in [1.82, 2.24) is 4.90 Å². The standard InChI is InChI=1S/C20H27NO3S/c1-7-23-18(22)16(15-11-9-8-10-12-15)13-14-17(21(5)6)19(25)24-20(2,3)4/h8-14H,7H2,1-6H3. The zero-order valence-electron chi connectivity index (χ0n) is 15.8. The highest BCUT2D eigenvalue weighted by molar-refractivity contribution is 7.80. The molecule has 1 rings (SSSR count). The molecule has 0 saturated carbocycles. The monoisotopic (exact) mass is 361 g/mol. The Kier molecular flexibility index (Phi) is 7.84. The van der Waals surface area contributed by atoms with Crippen molar-refractivity contribution in [3.8, 4) is 0 Å². The lowest BCUT2D eigenvalue weighted by Gasteiger charge is -2.25. The van der Waals surface area contributed by atoms with Crippen LogP contribution in [0.1, 0.15) is 33.3 Å². The summed E-state index contributed by atoms with van der Waals surface area (Å²) < 4.78 is 11.0. The summed E-state index contributed by atoms with van der Waals surface area (Å²) in [6, 6.07) is 9.41. The molecule has 0 heterocycles. The summed E-state index contributed by atoms with van der Waals surface area (Å²) in [4.78, 5) is 14.2. The third-order valence-corrected chi connectivity index (χ3v) is 3.37. The van der Waals surface area contributed by atoms with Gasteiger partial charge in [-0.15, -0.1) is 0 Å². The van der Waals surface area contributed by atoms with Crippen LogP contribution in [0.4, 0.5) is 0 Å². The minimum atomic E-state index is -0.390. The summed E-state index contributed by atoms with van der Waals surface area (Å²) in [7, 11) is 3.76. The maximum absolute atomic E-state index is 12.3. The molecule has 136 valence electrons. The molecule has 0 aromatic heterocycles. The molecular weight excluding hydrogens is 334 g/mol. The van der Waals surface area contributed by atoms with E-state index in [-0.39, 0.29) is 11.6 Å². The quantitative estimate of drug-likeness (QED) is 0.328. The Balaban J connectivity index is 3.26. The molecule has 0 amide bonds. The second kappa shape index (κ2) is 9.37. The average Bonchev–Trinajstić information content (AvgIpc) is 2.50. The molecule has 0 aliphatic rings. The molecule has 0 unspecified atom stereocenters. The van der Waals surface area contributed by atoms with Gasteiger partial charge in [-0.1, -0.05) is 30.3 Å². The van der Waals surface area contributed by atoms with Crippen LogP contribution in [-0.2, 0) is 14.3 Å². The molecule has 1 aromatic carbocycles. The Labute approximate surface area is 156 Å². The first kappa shape index (κ1) is 20.9. The number of hydrogen-bond acceptors (Lipinski definition) is 5. The third kappa shape index (κ3) is 7.10. The summed E-state index contributed by atoms with van der Waals surface area (Å²) in [6.45, 7) is 7.93. The minimum absolute atomic E-state index is 0.318. The van der Waals surface area contributed by atoms with E-state index in [0.29, 0.717) is 22.9 Å². The maximum atomic E-state index is 12.3. The van der Waals surface area contributed by atoms with Crippen molar-refractivity contribution in [3.05, 3.63) is 53.7 Å². The molecule has 0 saturated heterocycles. The van der Waals surface area contributed by atoms with Gasteiger partial charge in [-0.2, -0.15) is 0 Å². The van der Waals surface area contributed by atoms with Crippen LogP contribution in [0.15, 0.2) is 48.2 Å². The molecule has 0 bridgehead atoms. The fraction of sp³-hybridized carbons (Fsp3) is 0.400. The smallest absolute Gasteiger partial charge is 0.338 e. The van der Waals surface area contributed by atoms with Crippen LogP contribution in [0.3, 0.4) is 0 Å².